The molecule has 1 aromatic heterocycles. The van der Waals surface area contributed by atoms with Gasteiger partial charge in [0.1, 0.15) is 0 Å². The Labute approximate surface area is 81.3 Å². The minimum absolute atomic E-state index is 0.330. The van der Waals surface area contributed by atoms with Crippen LogP contribution in [0.15, 0.2) is 36.5 Å². The standard InChI is InChI=1S/C11H9NO2/c1-14-11(13)9-4-2-6-10-8(9)5-3-7-12-10/h2-7H,1H3. The highest BCUT2D eigenvalue weighted by atomic mass is 16.5. The van der Waals surface area contributed by atoms with Gasteiger partial charge in [-0.2, -0.15) is 0 Å². The number of hydrogen-bond donors (Lipinski definition) is 0. The lowest BCUT2D eigenvalue weighted by atomic mass is 10.1. The van der Waals surface area contributed by atoms with E-state index in [1.165, 1.54) is 7.11 Å². The van der Waals surface area contributed by atoms with Crippen LogP contribution < -0.4 is 0 Å². The van der Waals surface area contributed by atoms with E-state index in [0.717, 1.165) is 10.9 Å². The number of ether oxygens (including phenoxy) is 1. The van der Waals surface area contributed by atoms with E-state index >= 15 is 0 Å². The topological polar surface area (TPSA) is 39.2 Å². The lowest BCUT2D eigenvalue weighted by Gasteiger charge is -2.02. The quantitative estimate of drug-likeness (QED) is 0.641. The maximum Gasteiger partial charge on any atom is 0.338 e. The van der Waals surface area contributed by atoms with Crippen LogP contribution in [0, 0.1) is 0 Å². The van der Waals surface area contributed by atoms with Crippen LogP contribution in [0.3, 0.4) is 0 Å². The molecule has 0 aliphatic carbocycles. The predicted molar refractivity (Wildman–Crippen MR) is 53.1 cm³/mol. The number of carbonyl (C=O) groups is 1. The summed E-state index contributed by atoms with van der Waals surface area (Å²) in [5, 5.41) is 0.821. The number of benzene rings is 1. The Balaban J connectivity index is 2.71. The third kappa shape index (κ3) is 1.33. The third-order valence-electron chi connectivity index (χ3n) is 2.05. The number of pyridine rings is 1. The van der Waals surface area contributed by atoms with E-state index in [0.29, 0.717) is 5.56 Å². The molecular weight excluding hydrogens is 178 g/mol. The van der Waals surface area contributed by atoms with Crippen molar-refractivity contribution in [2.75, 3.05) is 7.11 Å². The SMILES string of the molecule is COC(=O)c1cccc2ncccc12. The number of nitrogens with zero attached hydrogens (tertiary/aromatic N) is 1. The Hall–Kier alpha value is -1.90. The maximum absolute atomic E-state index is 11.4. The molecule has 1 aromatic carbocycles. The Bertz CT molecular complexity index is 474. The molecule has 3 heteroatoms. The van der Waals surface area contributed by atoms with Gasteiger partial charge in [-0.05, 0) is 18.2 Å². The summed E-state index contributed by atoms with van der Waals surface area (Å²) in [5.41, 5.74) is 1.36. The van der Waals surface area contributed by atoms with Crippen molar-refractivity contribution in [3.05, 3.63) is 42.1 Å². The van der Waals surface area contributed by atoms with Crippen molar-refractivity contribution in [1.82, 2.24) is 4.98 Å². The first-order valence-corrected chi connectivity index (χ1v) is 4.25. The van der Waals surface area contributed by atoms with Gasteiger partial charge < -0.3 is 4.74 Å². The van der Waals surface area contributed by atoms with Crippen LogP contribution >= 0.6 is 0 Å². The molecule has 0 N–H and O–H groups in total. The monoisotopic (exact) mass is 187 g/mol. The summed E-state index contributed by atoms with van der Waals surface area (Å²) < 4.78 is 4.68. The van der Waals surface area contributed by atoms with Crippen LogP contribution in [-0.4, -0.2) is 18.1 Å². The zero-order valence-electron chi connectivity index (χ0n) is 7.73. The fourth-order valence-corrected chi connectivity index (χ4v) is 1.39. The Morgan fingerprint density at radius 1 is 1.29 bits per heavy atom. The largest absolute Gasteiger partial charge is 0.465 e. The van der Waals surface area contributed by atoms with Gasteiger partial charge in [-0.3, -0.25) is 4.98 Å². The van der Waals surface area contributed by atoms with Crippen LogP contribution in [0.1, 0.15) is 10.4 Å². The fraction of sp³-hybridized carbons (Fsp3) is 0.0909. The summed E-state index contributed by atoms with van der Waals surface area (Å²) in [6.45, 7) is 0. The summed E-state index contributed by atoms with van der Waals surface area (Å²) in [5.74, 6) is -0.330. The number of hydrogen-bond acceptors (Lipinski definition) is 3. The van der Waals surface area contributed by atoms with E-state index in [2.05, 4.69) is 9.72 Å². The van der Waals surface area contributed by atoms with Gasteiger partial charge in [-0.1, -0.05) is 12.1 Å². The molecule has 0 amide bonds. The third-order valence-corrected chi connectivity index (χ3v) is 2.05. The van der Waals surface area contributed by atoms with Gasteiger partial charge in [-0.25, -0.2) is 4.79 Å². The molecule has 0 unspecified atom stereocenters. The van der Waals surface area contributed by atoms with Crippen LogP contribution in [0.25, 0.3) is 10.9 Å². The first-order valence-electron chi connectivity index (χ1n) is 4.25. The highest BCUT2D eigenvalue weighted by Gasteiger charge is 2.08. The normalized spacial score (nSPS) is 10.1. The molecule has 3 nitrogen and oxygen atoms in total. The van der Waals surface area contributed by atoms with Gasteiger partial charge in [0.2, 0.25) is 0 Å². The van der Waals surface area contributed by atoms with E-state index in [9.17, 15) is 4.79 Å². The van der Waals surface area contributed by atoms with Gasteiger partial charge in [0, 0.05) is 11.6 Å². The minimum atomic E-state index is -0.330. The first kappa shape index (κ1) is 8.69. The van der Waals surface area contributed by atoms with Crippen molar-refractivity contribution in [1.29, 1.82) is 0 Å². The van der Waals surface area contributed by atoms with Crippen molar-refractivity contribution in [3.63, 3.8) is 0 Å². The first-order chi connectivity index (χ1) is 6.83. The molecule has 70 valence electrons. The minimum Gasteiger partial charge on any atom is -0.465 e. The highest BCUT2D eigenvalue weighted by molar-refractivity contribution is 6.03. The van der Waals surface area contributed by atoms with E-state index in [-0.39, 0.29) is 5.97 Å². The van der Waals surface area contributed by atoms with Gasteiger partial charge in [0.15, 0.2) is 0 Å². The lowest BCUT2D eigenvalue weighted by molar-refractivity contribution is 0.0603. The van der Waals surface area contributed by atoms with Gasteiger partial charge in [0.25, 0.3) is 0 Å². The number of methoxy groups -OCH3 is 1. The van der Waals surface area contributed by atoms with Gasteiger partial charge in [0.05, 0.1) is 18.2 Å². The van der Waals surface area contributed by atoms with E-state index in [1.54, 1.807) is 24.4 Å². The molecule has 2 aromatic rings. The lowest BCUT2D eigenvalue weighted by Crippen LogP contribution is -2.01. The Kier molecular flexibility index (Phi) is 2.14. The molecule has 0 aliphatic heterocycles. The van der Waals surface area contributed by atoms with E-state index in [1.807, 2.05) is 12.1 Å². The number of fused-ring (bicyclic) bond motifs is 1. The average Bonchev–Trinajstić information content (AvgIpc) is 2.27. The molecule has 0 aliphatic rings. The second kappa shape index (κ2) is 3.46. The Morgan fingerprint density at radius 3 is 2.93 bits per heavy atom. The number of esters is 1. The van der Waals surface area contributed by atoms with Crippen molar-refractivity contribution in [2.24, 2.45) is 0 Å². The molecule has 0 saturated carbocycles. The van der Waals surface area contributed by atoms with E-state index in [4.69, 9.17) is 0 Å². The average molecular weight is 187 g/mol. The number of aromatic nitrogens is 1. The zero-order valence-corrected chi connectivity index (χ0v) is 7.73. The summed E-state index contributed by atoms with van der Waals surface area (Å²) in [6, 6.07) is 9.04. The molecule has 0 bridgehead atoms. The smallest absolute Gasteiger partial charge is 0.338 e. The molecule has 0 fully saturated rings. The Morgan fingerprint density at radius 2 is 2.14 bits per heavy atom. The second-order valence-corrected chi connectivity index (χ2v) is 2.87. The molecule has 0 saturated heterocycles. The molecule has 0 atom stereocenters. The highest BCUT2D eigenvalue weighted by Crippen LogP contribution is 2.16. The predicted octanol–water partition coefficient (Wildman–Crippen LogP) is 2.02. The molecule has 14 heavy (non-hydrogen) atoms. The summed E-state index contributed by atoms with van der Waals surface area (Å²) >= 11 is 0. The molecular formula is C11H9NO2. The molecule has 0 radical (unpaired) electrons. The summed E-state index contributed by atoms with van der Waals surface area (Å²) in [7, 11) is 1.37. The molecule has 2 rings (SSSR count). The van der Waals surface area contributed by atoms with Crippen LogP contribution in [0.2, 0.25) is 0 Å². The van der Waals surface area contributed by atoms with E-state index < -0.39 is 0 Å². The second-order valence-electron chi connectivity index (χ2n) is 2.87. The van der Waals surface area contributed by atoms with Gasteiger partial charge in [-0.15, -0.1) is 0 Å². The van der Waals surface area contributed by atoms with Crippen molar-refractivity contribution in [2.45, 2.75) is 0 Å². The number of rotatable bonds is 1. The van der Waals surface area contributed by atoms with Gasteiger partial charge >= 0.3 is 5.97 Å². The van der Waals surface area contributed by atoms with Crippen molar-refractivity contribution in [3.8, 4) is 0 Å². The number of carbonyl (C=O) groups excluding carboxylic acids is 1. The zero-order chi connectivity index (χ0) is 9.97. The van der Waals surface area contributed by atoms with Crippen LogP contribution in [-0.2, 0) is 4.74 Å². The maximum atomic E-state index is 11.4. The molecule has 1 heterocycles. The van der Waals surface area contributed by atoms with Crippen molar-refractivity contribution < 1.29 is 9.53 Å². The van der Waals surface area contributed by atoms with Crippen molar-refractivity contribution >= 4 is 16.9 Å². The summed E-state index contributed by atoms with van der Waals surface area (Å²) in [6.07, 6.45) is 1.70. The van der Waals surface area contributed by atoms with Crippen LogP contribution in [0.4, 0.5) is 0 Å². The van der Waals surface area contributed by atoms with Crippen LogP contribution in [0.5, 0.6) is 0 Å². The summed E-state index contributed by atoms with van der Waals surface area (Å²) in [4.78, 5) is 15.5. The fourth-order valence-electron chi connectivity index (χ4n) is 1.39. The molecule has 0 spiro atoms.